The number of rotatable bonds is 6. The number of hydrogen-bond donors (Lipinski definition) is 2. The van der Waals surface area contributed by atoms with Gasteiger partial charge in [-0.05, 0) is 31.7 Å². The summed E-state index contributed by atoms with van der Waals surface area (Å²) in [6, 6.07) is 0. The van der Waals surface area contributed by atoms with E-state index in [0.717, 1.165) is 49.2 Å². The highest BCUT2D eigenvalue weighted by molar-refractivity contribution is 7.80. The van der Waals surface area contributed by atoms with Crippen molar-refractivity contribution in [2.45, 2.75) is 46.1 Å². The molecule has 5 nitrogen and oxygen atoms in total. The summed E-state index contributed by atoms with van der Waals surface area (Å²) in [6.07, 6.45) is 3.03. The summed E-state index contributed by atoms with van der Waals surface area (Å²) >= 11 is 5.23. The minimum atomic E-state index is 0.277. The molecule has 1 aromatic rings. The van der Waals surface area contributed by atoms with E-state index in [4.69, 9.17) is 22.7 Å². The van der Waals surface area contributed by atoms with Crippen LogP contribution in [0.5, 0.6) is 0 Å². The molecule has 1 fully saturated rings. The zero-order valence-electron chi connectivity index (χ0n) is 13.0. The maximum absolute atomic E-state index is 5.92. The smallest absolute Gasteiger partial charge is 0.159 e. The van der Waals surface area contributed by atoms with Gasteiger partial charge in [0.1, 0.15) is 4.99 Å². The van der Waals surface area contributed by atoms with Crippen molar-refractivity contribution >= 4 is 23.0 Å². The van der Waals surface area contributed by atoms with E-state index in [1.807, 2.05) is 0 Å². The van der Waals surface area contributed by atoms with Crippen molar-refractivity contribution in [1.29, 1.82) is 0 Å². The molecule has 0 radical (unpaired) electrons. The van der Waals surface area contributed by atoms with E-state index in [1.165, 1.54) is 0 Å². The van der Waals surface area contributed by atoms with Gasteiger partial charge in [-0.25, -0.2) is 0 Å². The minimum Gasteiger partial charge on any atom is -0.389 e. The molecule has 0 saturated carbocycles. The van der Waals surface area contributed by atoms with E-state index < -0.39 is 0 Å². The summed E-state index contributed by atoms with van der Waals surface area (Å²) < 4.78 is 5.59. The van der Waals surface area contributed by atoms with E-state index in [0.29, 0.717) is 16.7 Å². The predicted octanol–water partition coefficient (Wildman–Crippen LogP) is 2.07. The normalized spacial score (nSPS) is 21.5. The van der Waals surface area contributed by atoms with Gasteiger partial charge >= 0.3 is 0 Å². The SMILES string of the molecule is CCc1nnc(NCC2CCOC2C)c(C(N)=S)c1CC. The number of hydrogen-bond acceptors (Lipinski definition) is 5. The molecular formula is C15H24N4OS. The van der Waals surface area contributed by atoms with E-state index in [2.05, 4.69) is 36.3 Å². The second-order valence-corrected chi connectivity index (χ2v) is 5.87. The number of ether oxygens (including phenoxy) is 1. The molecule has 1 aromatic heterocycles. The lowest BCUT2D eigenvalue weighted by atomic mass is 10.0. The lowest BCUT2D eigenvalue weighted by Gasteiger charge is -2.18. The van der Waals surface area contributed by atoms with Crippen LogP contribution in [0, 0.1) is 5.92 Å². The third-order valence-corrected chi connectivity index (χ3v) is 4.36. The highest BCUT2D eigenvalue weighted by atomic mass is 32.1. The van der Waals surface area contributed by atoms with Crippen LogP contribution in [-0.4, -0.2) is 34.4 Å². The zero-order valence-corrected chi connectivity index (χ0v) is 13.8. The van der Waals surface area contributed by atoms with Gasteiger partial charge in [0.2, 0.25) is 0 Å². The second kappa shape index (κ2) is 7.13. The monoisotopic (exact) mass is 308 g/mol. The molecule has 0 aliphatic carbocycles. The molecule has 116 valence electrons. The molecule has 0 spiro atoms. The van der Waals surface area contributed by atoms with Gasteiger partial charge in [-0.15, -0.1) is 5.10 Å². The van der Waals surface area contributed by atoms with Gasteiger partial charge in [-0.2, -0.15) is 5.10 Å². The Balaban J connectivity index is 2.24. The van der Waals surface area contributed by atoms with Gasteiger partial charge < -0.3 is 15.8 Å². The third-order valence-electron chi connectivity index (χ3n) is 4.16. The van der Waals surface area contributed by atoms with Crippen molar-refractivity contribution in [2.75, 3.05) is 18.5 Å². The van der Waals surface area contributed by atoms with Crippen LogP contribution in [0.1, 0.15) is 44.0 Å². The molecule has 3 N–H and O–H groups in total. The van der Waals surface area contributed by atoms with Crippen molar-refractivity contribution in [3.63, 3.8) is 0 Å². The Labute approximate surface area is 131 Å². The van der Waals surface area contributed by atoms with Gasteiger partial charge in [0.15, 0.2) is 5.82 Å². The third kappa shape index (κ3) is 3.49. The van der Waals surface area contributed by atoms with Gasteiger partial charge in [-0.1, -0.05) is 26.1 Å². The molecular weight excluding hydrogens is 284 g/mol. The maximum Gasteiger partial charge on any atom is 0.159 e. The Morgan fingerprint density at radius 2 is 2.14 bits per heavy atom. The van der Waals surface area contributed by atoms with Crippen LogP contribution in [0.3, 0.4) is 0 Å². The standard InChI is InChI=1S/C15H24N4OS/c1-4-11-12(5-2)18-19-15(13(11)14(16)21)17-8-10-6-7-20-9(10)3/h9-10H,4-8H2,1-3H3,(H2,16,21)(H,17,19). The second-order valence-electron chi connectivity index (χ2n) is 5.43. The van der Waals surface area contributed by atoms with Gasteiger partial charge in [0, 0.05) is 19.1 Å². The van der Waals surface area contributed by atoms with Crippen LogP contribution >= 0.6 is 12.2 Å². The number of nitrogens with one attached hydrogen (secondary N) is 1. The molecule has 2 atom stereocenters. The van der Waals surface area contributed by atoms with Crippen molar-refractivity contribution in [3.8, 4) is 0 Å². The molecule has 1 aliphatic heterocycles. The van der Waals surface area contributed by atoms with Gasteiger partial charge in [0.05, 0.1) is 17.4 Å². The van der Waals surface area contributed by atoms with E-state index in [-0.39, 0.29) is 6.10 Å². The van der Waals surface area contributed by atoms with Crippen LogP contribution in [0.25, 0.3) is 0 Å². The summed E-state index contributed by atoms with van der Waals surface area (Å²) in [5, 5.41) is 12.0. The summed E-state index contributed by atoms with van der Waals surface area (Å²) in [7, 11) is 0. The lowest BCUT2D eigenvalue weighted by molar-refractivity contribution is 0.108. The highest BCUT2D eigenvalue weighted by Crippen LogP contribution is 2.24. The van der Waals surface area contributed by atoms with Crippen molar-refractivity contribution in [3.05, 3.63) is 16.8 Å². The number of thiocarbonyl (C=S) groups is 1. The first-order chi connectivity index (χ1) is 10.1. The van der Waals surface area contributed by atoms with E-state index >= 15 is 0 Å². The fourth-order valence-electron chi connectivity index (χ4n) is 2.83. The molecule has 0 amide bonds. The maximum atomic E-state index is 5.92. The van der Waals surface area contributed by atoms with E-state index in [9.17, 15) is 0 Å². The molecule has 1 saturated heterocycles. The topological polar surface area (TPSA) is 73.1 Å². The van der Waals surface area contributed by atoms with Crippen molar-refractivity contribution < 1.29 is 4.74 Å². The summed E-state index contributed by atoms with van der Waals surface area (Å²) in [5.74, 6) is 1.19. The van der Waals surface area contributed by atoms with E-state index in [1.54, 1.807) is 0 Å². The molecule has 2 unspecified atom stereocenters. The zero-order chi connectivity index (χ0) is 15.4. The molecule has 6 heteroatoms. The Kier molecular flexibility index (Phi) is 5.47. The fraction of sp³-hybridized carbons (Fsp3) is 0.667. The predicted molar refractivity (Wildman–Crippen MR) is 88.7 cm³/mol. The minimum absolute atomic E-state index is 0.277. The summed E-state index contributed by atoms with van der Waals surface area (Å²) in [5.41, 5.74) is 8.86. The first-order valence-corrected chi connectivity index (χ1v) is 8.02. The average molecular weight is 308 g/mol. The number of nitrogens with two attached hydrogens (primary N) is 1. The molecule has 0 aromatic carbocycles. The number of aromatic nitrogens is 2. The Hall–Kier alpha value is -1.27. The fourth-order valence-corrected chi connectivity index (χ4v) is 3.05. The molecule has 1 aliphatic rings. The average Bonchev–Trinajstić information content (AvgIpc) is 2.88. The largest absolute Gasteiger partial charge is 0.389 e. The lowest BCUT2D eigenvalue weighted by Crippen LogP contribution is -2.24. The number of anilines is 1. The van der Waals surface area contributed by atoms with Crippen molar-refractivity contribution in [1.82, 2.24) is 10.2 Å². The Bertz CT molecular complexity index is 521. The van der Waals surface area contributed by atoms with Crippen LogP contribution in [0.2, 0.25) is 0 Å². The van der Waals surface area contributed by atoms with Gasteiger partial charge in [0.25, 0.3) is 0 Å². The molecule has 0 bridgehead atoms. The molecule has 2 rings (SSSR count). The number of nitrogens with zero attached hydrogens (tertiary/aromatic N) is 2. The Morgan fingerprint density at radius 3 is 2.67 bits per heavy atom. The molecule has 2 heterocycles. The van der Waals surface area contributed by atoms with Crippen LogP contribution in [0.4, 0.5) is 5.82 Å². The van der Waals surface area contributed by atoms with Crippen LogP contribution < -0.4 is 11.1 Å². The van der Waals surface area contributed by atoms with Crippen molar-refractivity contribution in [2.24, 2.45) is 11.7 Å². The van der Waals surface area contributed by atoms with Crippen LogP contribution in [-0.2, 0) is 17.6 Å². The highest BCUT2D eigenvalue weighted by Gasteiger charge is 2.25. The van der Waals surface area contributed by atoms with Gasteiger partial charge in [-0.3, -0.25) is 0 Å². The summed E-state index contributed by atoms with van der Waals surface area (Å²) in [6.45, 7) is 7.90. The molecule has 21 heavy (non-hydrogen) atoms. The first-order valence-electron chi connectivity index (χ1n) is 7.62. The first kappa shape index (κ1) is 16.1. The number of aryl methyl sites for hydroxylation is 1. The van der Waals surface area contributed by atoms with Crippen LogP contribution in [0.15, 0.2) is 0 Å². The Morgan fingerprint density at radius 1 is 1.38 bits per heavy atom. The quantitative estimate of drug-likeness (QED) is 0.784. The summed E-state index contributed by atoms with van der Waals surface area (Å²) in [4.78, 5) is 0.384.